The van der Waals surface area contributed by atoms with Gasteiger partial charge in [0.25, 0.3) is 0 Å². The van der Waals surface area contributed by atoms with Gasteiger partial charge in [0.05, 0.1) is 29.2 Å². The fourth-order valence-electron chi connectivity index (χ4n) is 8.42. The van der Waals surface area contributed by atoms with Crippen molar-refractivity contribution in [2.75, 3.05) is 24.6 Å². The topological polar surface area (TPSA) is 130 Å². The molecule has 4 N–H and O–H groups in total. The van der Waals surface area contributed by atoms with Crippen molar-refractivity contribution < 1.29 is 28.2 Å². The second-order valence-electron chi connectivity index (χ2n) is 13.8. The van der Waals surface area contributed by atoms with Gasteiger partial charge in [-0.2, -0.15) is 0 Å². The molecule has 3 aliphatic carbocycles. The number of nitrogens with two attached hydrogens (primary N) is 1. The number of carbonyl (C=O) groups is 1. The number of carboxylic acids is 1. The van der Waals surface area contributed by atoms with Crippen molar-refractivity contribution in [1.82, 2.24) is 0 Å². The molecule has 2 saturated carbocycles. The molecule has 44 heavy (non-hydrogen) atoms. The smallest absolute Gasteiger partial charge is 0.335 e. The molecule has 0 amide bonds. The Morgan fingerprint density at radius 2 is 2.00 bits per heavy atom. The van der Waals surface area contributed by atoms with E-state index < -0.39 is 32.8 Å². The van der Waals surface area contributed by atoms with Gasteiger partial charge in [-0.05, 0) is 110 Å². The number of allylic oxidation sites excluding steroid dienone is 1. The number of nitrogens with zero attached hydrogens (tertiary/aromatic N) is 1. The maximum Gasteiger partial charge on any atom is 0.335 e. The zero-order valence-electron chi connectivity index (χ0n) is 25.3. The number of ether oxygens (including phenoxy) is 1. The first-order valence-electron chi connectivity index (χ1n) is 15.8. The normalized spacial score (nSPS) is 30.7. The summed E-state index contributed by atoms with van der Waals surface area (Å²) in [6.07, 6.45) is 10.7. The Hall–Kier alpha value is -2.59. The van der Waals surface area contributed by atoms with Crippen LogP contribution in [0.25, 0.3) is 0 Å². The first kappa shape index (κ1) is 31.4. The molecule has 2 aromatic rings. The molecular formula is C34H43ClN2O6S. The minimum absolute atomic E-state index is 0.0559. The SMILES string of the molecule is C[C@@]1(C/C=C/[C@H](O)[C@@H]2CC[C@H]2CN2C[C@@]3(CCCc4cc(Cl)ccc43)COc3ccc(C(=O)O)cc32)CCC[C@H]1S(N)(=O)=O. The van der Waals surface area contributed by atoms with Crippen LogP contribution >= 0.6 is 11.6 Å². The van der Waals surface area contributed by atoms with Crippen LogP contribution in [0.3, 0.4) is 0 Å². The van der Waals surface area contributed by atoms with Gasteiger partial charge >= 0.3 is 5.97 Å². The van der Waals surface area contributed by atoms with Gasteiger partial charge in [0.1, 0.15) is 5.75 Å². The summed E-state index contributed by atoms with van der Waals surface area (Å²) in [4.78, 5) is 14.2. The first-order chi connectivity index (χ1) is 20.9. The standard InChI is InChI=1S/C34H43ClN2O6S/c1-33(15-4-7-31(33)44(36,41)42)14-3-6-29(38)26-11-8-24(26)19-37-20-34(16-2-5-22-17-25(35)10-12-27(22)34)21-43-30-13-9-23(32(39)40)18-28(30)37/h3,6,9-10,12-13,17-18,24,26,29,31,38H,2,4-5,7-8,11,14-16,19-21H2,1H3,(H,39,40)(H2,36,41,42)/b6-3+/t24-,26+,29-,31+,33+,34-/m0/s1. The summed E-state index contributed by atoms with van der Waals surface area (Å²) in [5, 5.41) is 26.7. The third-order valence-corrected chi connectivity index (χ3v) is 12.8. The van der Waals surface area contributed by atoms with E-state index in [0.29, 0.717) is 38.3 Å². The summed E-state index contributed by atoms with van der Waals surface area (Å²) in [6.45, 7) is 3.83. The number of carboxylic acid groups (broad SMARTS) is 1. The highest BCUT2D eigenvalue weighted by Crippen LogP contribution is 2.47. The highest BCUT2D eigenvalue weighted by Gasteiger charge is 2.46. The Morgan fingerprint density at radius 3 is 2.73 bits per heavy atom. The largest absolute Gasteiger partial charge is 0.490 e. The molecular weight excluding hydrogens is 600 g/mol. The van der Waals surface area contributed by atoms with Crippen LogP contribution in [0.15, 0.2) is 48.6 Å². The summed E-state index contributed by atoms with van der Waals surface area (Å²) in [7, 11) is -3.62. The Kier molecular flexibility index (Phi) is 8.54. The van der Waals surface area contributed by atoms with Gasteiger partial charge in [0.2, 0.25) is 10.0 Å². The lowest BCUT2D eigenvalue weighted by molar-refractivity contribution is 0.0455. The lowest BCUT2D eigenvalue weighted by Crippen LogP contribution is -2.49. The Bertz CT molecular complexity index is 1560. The molecule has 0 unspecified atom stereocenters. The average Bonchev–Trinajstić information content (AvgIpc) is 3.28. The van der Waals surface area contributed by atoms with Crippen LogP contribution in [-0.2, 0) is 21.9 Å². The number of aliphatic hydroxyl groups is 1. The second kappa shape index (κ2) is 12.0. The van der Waals surface area contributed by atoms with Gasteiger partial charge in [-0.1, -0.05) is 43.2 Å². The second-order valence-corrected chi connectivity index (χ2v) is 16.0. The molecule has 1 aliphatic heterocycles. The number of halogens is 1. The van der Waals surface area contributed by atoms with Gasteiger partial charge < -0.3 is 19.8 Å². The number of aromatic carboxylic acids is 1. The highest BCUT2D eigenvalue weighted by molar-refractivity contribution is 7.89. The van der Waals surface area contributed by atoms with Crippen LogP contribution in [0.5, 0.6) is 5.75 Å². The molecule has 4 aliphatic rings. The predicted octanol–water partition coefficient (Wildman–Crippen LogP) is 5.69. The summed E-state index contributed by atoms with van der Waals surface area (Å²) in [5.74, 6) is -0.0374. The van der Waals surface area contributed by atoms with Crippen molar-refractivity contribution >= 4 is 33.3 Å². The molecule has 6 rings (SSSR count). The van der Waals surface area contributed by atoms with Crippen LogP contribution in [-0.4, -0.2) is 55.7 Å². The zero-order chi connectivity index (χ0) is 31.3. The summed E-state index contributed by atoms with van der Waals surface area (Å²) >= 11 is 6.37. The quantitative estimate of drug-likeness (QED) is 0.315. The van der Waals surface area contributed by atoms with E-state index in [1.54, 1.807) is 18.2 Å². The first-order valence-corrected chi connectivity index (χ1v) is 17.8. The molecule has 10 heteroatoms. The number of hydrogen-bond donors (Lipinski definition) is 3. The molecule has 0 saturated heterocycles. The molecule has 1 spiro atoms. The maximum atomic E-state index is 12.2. The van der Waals surface area contributed by atoms with E-state index in [1.165, 1.54) is 11.1 Å². The van der Waals surface area contributed by atoms with Crippen molar-refractivity contribution in [2.24, 2.45) is 22.4 Å². The number of benzene rings is 2. The number of anilines is 1. The predicted molar refractivity (Wildman–Crippen MR) is 172 cm³/mol. The number of aliphatic hydroxyl groups excluding tert-OH is 1. The van der Waals surface area contributed by atoms with E-state index in [9.17, 15) is 23.4 Å². The van der Waals surface area contributed by atoms with Crippen LogP contribution in [0, 0.1) is 17.3 Å². The minimum Gasteiger partial charge on any atom is -0.490 e. The summed E-state index contributed by atoms with van der Waals surface area (Å²) in [5.41, 5.74) is 2.80. The number of primary sulfonamides is 1. The van der Waals surface area contributed by atoms with Crippen LogP contribution in [0.4, 0.5) is 5.69 Å². The van der Waals surface area contributed by atoms with Crippen molar-refractivity contribution in [1.29, 1.82) is 0 Å². The van der Waals surface area contributed by atoms with E-state index in [4.69, 9.17) is 21.5 Å². The van der Waals surface area contributed by atoms with Gasteiger partial charge in [-0.25, -0.2) is 18.4 Å². The van der Waals surface area contributed by atoms with Gasteiger partial charge in [-0.3, -0.25) is 0 Å². The van der Waals surface area contributed by atoms with Crippen LogP contribution in [0.1, 0.15) is 79.8 Å². The molecule has 1 heterocycles. The zero-order valence-corrected chi connectivity index (χ0v) is 26.8. The molecule has 2 fully saturated rings. The molecule has 2 aromatic carbocycles. The number of hydrogen-bond acceptors (Lipinski definition) is 6. The number of fused-ring (bicyclic) bond motifs is 3. The Morgan fingerprint density at radius 1 is 1.18 bits per heavy atom. The molecule has 8 nitrogen and oxygen atoms in total. The van der Waals surface area contributed by atoms with Gasteiger partial charge in [-0.15, -0.1) is 0 Å². The van der Waals surface area contributed by atoms with Crippen molar-refractivity contribution in [3.8, 4) is 5.75 Å². The van der Waals surface area contributed by atoms with Crippen LogP contribution < -0.4 is 14.8 Å². The van der Waals surface area contributed by atoms with Gasteiger partial charge in [0, 0.05) is 23.5 Å². The fraction of sp³-hybridized carbons (Fsp3) is 0.559. The number of rotatable bonds is 8. The summed E-state index contributed by atoms with van der Waals surface area (Å²) < 4.78 is 30.8. The highest BCUT2D eigenvalue weighted by atomic mass is 35.5. The van der Waals surface area contributed by atoms with Gasteiger partial charge in [0.15, 0.2) is 0 Å². The van der Waals surface area contributed by atoms with E-state index in [2.05, 4.69) is 17.0 Å². The number of aryl methyl sites for hydroxylation is 1. The lowest BCUT2D eigenvalue weighted by atomic mass is 9.68. The molecule has 238 valence electrons. The van der Waals surface area contributed by atoms with Crippen LogP contribution in [0.2, 0.25) is 5.02 Å². The summed E-state index contributed by atoms with van der Waals surface area (Å²) in [6, 6.07) is 11.2. The lowest BCUT2D eigenvalue weighted by Gasteiger charge is -2.45. The van der Waals surface area contributed by atoms with Crippen molar-refractivity contribution in [3.63, 3.8) is 0 Å². The van der Waals surface area contributed by atoms with E-state index in [1.807, 2.05) is 25.1 Å². The average molecular weight is 643 g/mol. The molecule has 0 radical (unpaired) electrons. The van der Waals surface area contributed by atoms with Crippen molar-refractivity contribution in [2.45, 2.75) is 81.5 Å². The molecule has 6 atom stereocenters. The van der Waals surface area contributed by atoms with Crippen molar-refractivity contribution in [3.05, 3.63) is 70.3 Å². The third kappa shape index (κ3) is 6.00. The number of sulfonamides is 1. The molecule has 0 aromatic heterocycles. The van der Waals surface area contributed by atoms with E-state index in [-0.39, 0.29) is 22.8 Å². The van der Waals surface area contributed by atoms with E-state index in [0.717, 1.165) is 55.7 Å². The fourth-order valence-corrected chi connectivity index (χ4v) is 10.1. The third-order valence-electron chi connectivity index (χ3n) is 11.0. The maximum absolute atomic E-state index is 12.2. The minimum atomic E-state index is -3.62. The monoisotopic (exact) mass is 642 g/mol. The Labute approximate surface area is 265 Å². The van der Waals surface area contributed by atoms with E-state index >= 15 is 0 Å². The molecule has 0 bridgehead atoms. The Balaban J connectivity index is 1.23.